The molecule has 1 aliphatic rings. The van der Waals surface area contributed by atoms with E-state index in [1.54, 1.807) is 11.9 Å². The van der Waals surface area contributed by atoms with E-state index in [4.69, 9.17) is 0 Å². The van der Waals surface area contributed by atoms with Crippen molar-refractivity contribution in [2.75, 3.05) is 0 Å². The fourth-order valence-corrected chi connectivity index (χ4v) is 5.55. The van der Waals surface area contributed by atoms with E-state index in [2.05, 4.69) is 0 Å². The normalized spacial score (nSPS) is 18.1. The van der Waals surface area contributed by atoms with Crippen molar-refractivity contribution >= 4 is 17.8 Å². The summed E-state index contributed by atoms with van der Waals surface area (Å²) in [4.78, 5) is 0. The molecule has 0 heterocycles. The minimum atomic E-state index is -2.87. The molecule has 23 heavy (non-hydrogen) atoms. The first-order valence-electron chi connectivity index (χ1n) is 8.26. The molecule has 0 saturated heterocycles. The Labute approximate surface area is 138 Å². The van der Waals surface area contributed by atoms with Crippen molar-refractivity contribution in [1.29, 1.82) is 0 Å². The highest BCUT2D eigenvalue weighted by Gasteiger charge is 2.29. The second kappa shape index (κ2) is 6.86. The first kappa shape index (κ1) is 16.2. The van der Waals surface area contributed by atoms with Gasteiger partial charge in [0.2, 0.25) is 0 Å². The fourth-order valence-electron chi connectivity index (χ4n) is 3.19. The van der Waals surface area contributed by atoms with E-state index in [9.17, 15) is 9.67 Å². The van der Waals surface area contributed by atoms with Crippen LogP contribution < -0.4 is 10.6 Å². The summed E-state index contributed by atoms with van der Waals surface area (Å²) in [5, 5.41) is 12.3. The summed E-state index contributed by atoms with van der Waals surface area (Å²) >= 11 is 0. The van der Waals surface area contributed by atoms with Gasteiger partial charge < -0.3 is 9.67 Å². The Hall–Kier alpha value is -1.63. The van der Waals surface area contributed by atoms with Crippen molar-refractivity contribution in [1.82, 2.24) is 0 Å². The quantitative estimate of drug-likeness (QED) is 0.855. The van der Waals surface area contributed by atoms with Crippen LogP contribution >= 0.6 is 7.14 Å². The average Bonchev–Trinajstić information content (AvgIpc) is 2.62. The van der Waals surface area contributed by atoms with Gasteiger partial charge in [-0.1, -0.05) is 79.9 Å². The van der Waals surface area contributed by atoms with E-state index in [1.165, 1.54) is 6.42 Å². The zero-order chi connectivity index (χ0) is 16.2. The summed E-state index contributed by atoms with van der Waals surface area (Å²) < 4.78 is 13.8. The zero-order valence-electron chi connectivity index (χ0n) is 13.3. The summed E-state index contributed by atoms with van der Waals surface area (Å²) in [7, 11) is -2.87. The van der Waals surface area contributed by atoms with E-state index >= 15 is 0 Å². The Morgan fingerprint density at radius 3 is 1.78 bits per heavy atom. The van der Waals surface area contributed by atoms with Crippen LogP contribution in [0.3, 0.4) is 0 Å². The molecule has 2 aromatic rings. The summed E-state index contributed by atoms with van der Waals surface area (Å²) in [6, 6.07) is 19.1. The van der Waals surface area contributed by atoms with Crippen molar-refractivity contribution in [2.24, 2.45) is 0 Å². The Bertz CT molecular complexity index is 657. The molecule has 1 N–H and O–H groups in total. The third-order valence-electron chi connectivity index (χ3n) is 4.59. The van der Waals surface area contributed by atoms with Crippen molar-refractivity contribution in [3.63, 3.8) is 0 Å². The van der Waals surface area contributed by atoms with E-state index in [0.29, 0.717) is 0 Å². The highest BCUT2D eigenvalue weighted by Crippen LogP contribution is 2.46. The lowest BCUT2D eigenvalue weighted by atomic mass is 9.85. The van der Waals surface area contributed by atoms with Crippen LogP contribution in [0.1, 0.15) is 32.1 Å². The van der Waals surface area contributed by atoms with Gasteiger partial charge in [-0.25, -0.2) is 0 Å². The second-order valence-electron chi connectivity index (χ2n) is 6.31. The largest absolute Gasteiger partial charge is 0.386 e. The number of aliphatic hydroxyl groups is 1. The molecule has 0 aliphatic heterocycles. The Kier molecular flexibility index (Phi) is 4.84. The molecule has 3 heteroatoms. The topological polar surface area (TPSA) is 37.3 Å². The maximum atomic E-state index is 13.8. The highest BCUT2D eigenvalue weighted by atomic mass is 31.2. The first-order chi connectivity index (χ1) is 11.1. The summed E-state index contributed by atoms with van der Waals surface area (Å²) in [6.07, 6.45) is 6.54. The predicted octanol–water partition coefficient (Wildman–Crippen LogP) is 4.21. The Balaban J connectivity index is 2.01. The van der Waals surface area contributed by atoms with Gasteiger partial charge in [0.1, 0.15) is 0 Å². The predicted molar refractivity (Wildman–Crippen MR) is 96.9 cm³/mol. The maximum absolute atomic E-state index is 13.8. The molecule has 1 fully saturated rings. The van der Waals surface area contributed by atoms with Crippen molar-refractivity contribution in [2.45, 2.75) is 37.7 Å². The van der Waals surface area contributed by atoms with Crippen molar-refractivity contribution in [3.8, 4) is 0 Å². The minimum Gasteiger partial charge on any atom is -0.386 e. The molecule has 3 rings (SSSR count). The van der Waals surface area contributed by atoms with E-state index in [0.717, 1.165) is 36.3 Å². The third-order valence-corrected chi connectivity index (χ3v) is 7.29. The highest BCUT2D eigenvalue weighted by molar-refractivity contribution is 7.81. The monoisotopic (exact) mass is 326 g/mol. The molecule has 0 amide bonds. The fraction of sp³-hybridized carbons (Fsp3) is 0.300. The van der Waals surface area contributed by atoms with Crippen molar-refractivity contribution < 1.29 is 9.67 Å². The molecule has 2 aromatic carbocycles. The lowest BCUT2D eigenvalue weighted by Gasteiger charge is -2.29. The van der Waals surface area contributed by atoms with Crippen LogP contribution in [-0.4, -0.2) is 10.7 Å². The molecule has 0 aromatic heterocycles. The van der Waals surface area contributed by atoms with E-state index < -0.39 is 12.7 Å². The van der Waals surface area contributed by atoms with Gasteiger partial charge in [0.15, 0.2) is 7.14 Å². The van der Waals surface area contributed by atoms with Crippen molar-refractivity contribution in [3.05, 3.63) is 72.6 Å². The smallest absolute Gasteiger partial charge is 0.163 e. The first-order valence-corrected chi connectivity index (χ1v) is 10.0. The molecular formula is C20H23O2P. The lowest BCUT2D eigenvalue weighted by molar-refractivity contribution is 0.0515. The number of rotatable bonds is 4. The summed E-state index contributed by atoms with van der Waals surface area (Å²) in [5.74, 6) is 1.77. The molecule has 0 bridgehead atoms. The van der Waals surface area contributed by atoms with Gasteiger partial charge in [0.25, 0.3) is 0 Å². The molecule has 0 radical (unpaired) electrons. The molecule has 0 spiro atoms. The van der Waals surface area contributed by atoms with Gasteiger partial charge in [0, 0.05) is 10.6 Å². The van der Waals surface area contributed by atoms with E-state index in [1.807, 2.05) is 60.7 Å². The van der Waals surface area contributed by atoms with Crippen LogP contribution in [0.5, 0.6) is 0 Å². The Morgan fingerprint density at radius 2 is 1.30 bits per heavy atom. The average molecular weight is 326 g/mol. The minimum absolute atomic E-state index is 0.757. The molecule has 0 unspecified atom stereocenters. The van der Waals surface area contributed by atoms with Crippen LogP contribution in [0.25, 0.3) is 0 Å². The van der Waals surface area contributed by atoms with Gasteiger partial charge in [0.05, 0.1) is 5.60 Å². The number of hydrogen-bond acceptors (Lipinski definition) is 2. The number of hydrogen-bond donors (Lipinski definition) is 1. The third kappa shape index (κ3) is 3.65. The standard InChI is InChI=1S/C20H23O2P/c21-20(14-8-3-9-15-20)16-17-23(22,18-10-4-1-5-11-18)19-12-6-2-7-13-19/h1-2,4-7,10-13,16-17,21H,3,8-9,14-15H2/b17-16+. The molecule has 1 aliphatic carbocycles. The number of benzene rings is 2. The Morgan fingerprint density at radius 1 is 0.826 bits per heavy atom. The summed E-state index contributed by atoms with van der Waals surface area (Å²) in [6.45, 7) is 0. The molecule has 120 valence electrons. The van der Waals surface area contributed by atoms with Crippen LogP contribution in [0.2, 0.25) is 0 Å². The molecule has 1 saturated carbocycles. The second-order valence-corrected chi connectivity index (χ2v) is 8.96. The lowest BCUT2D eigenvalue weighted by Crippen LogP contribution is -2.28. The van der Waals surface area contributed by atoms with E-state index in [-0.39, 0.29) is 0 Å². The van der Waals surface area contributed by atoms with Gasteiger partial charge in [-0.15, -0.1) is 0 Å². The molecule has 0 atom stereocenters. The van der Waals surface area contributed by atoms with Crippen LogP contribution in [0, 0.1) is 0 Å². The zero-order valence-corrected chi connectivity index (χ0v) is 14.2. The van der Waals surface area contributed by atoms with Gasteiger partial charge in [-0.2, -0.15) is 0 Å². The van der Waals surface area contributed by atoms with Gasteiger partial charge in [-0.05, 0) is 24.7 Å². The van der Waals surface area contributed by atoms with Crippen LogP contribution in [0.15, 0.2) is 72.6 Å². The summed E-state index contributed by atoms with van der Waals surface area (Å²) in [5.41, 5.74) is -0.808. The van der Waals surface area contributed by atoms with Crippen LogP contribution in [0.4, 0.5) is 0 Å². The maximum Gasteiger partial charge on any atom is 0.163 e. The molecule has 2 nitrogen and oxygen atoms in total. The van der Waals surface area contributed by atoms with Gasteiger partial charge >= 0.3 is 0 Å². The SMILES string of the molecule is O=P(/C=C/C1(O)CCCCC1)(c1ccccc1)c1ccccc1. The van der Waals surface area contributed by atoms with Crippen LogP contribution in [-0.2, 0) is 4.57 Å². The van der Waals surface area contributed by atoms with Gasteiger partial charge in [-0.3, -0.25) is 0 Å². The molecular weight excluding hydrogens is 303 g/mol.